The molecule has 27 heavy (non-hydrogen) atoms. The average Bonchev–Trinajstić information content (AvgIpc) is 2.68. The normalized spacial score (nSPS) is 19.8. The largest absolute Gasteiger partial charge is 0.481 e. The smallest absolute Gasteiger partial charge is 0.219 e. The molecule has 0 saturated heterocycles. The second kappa shape index (κ2) is 13.8. The second-order valence-electron chi connectivity index (χ2n) is 5.78. The van der Waals surface area contributed by atoms with Crippen LogP contribution in [0.25, 0.3) is 0 Å². The zero-order valence-corrected chi connectivity index (χ0v) is 16.2. The van der Waals surface area contributed by atoms with Crippen molar-refractivity contribution in [1.29, 1.82) is 0 Å². The third-order valence-electron chi connectivity index (χ3n) is 3.77. The summed E-state index contributed by atoms with van der Waals surface area (Å²) in [6.07, 6.45) is 0. The first-order chi connectivity index (χ1) is 13.3. The first-order valence-electron chi connectivity index (χ1n) is 9.18. The molecule has 0 saturated carbocycles. The van der Waals surface area contributed by atoms with E-state index in [1.165, 1.54) is 0 Å². The number of fused-ring (bicyclic) bond motifs is 2. The highest BCUT2D eigenvalue weighted by atomic mass is 16.6. The van der Waals surface area contributed by atoms with Crippen molar-refractivity contribution < 1.29 is 33.2 Å². The van der Waals surface area contributed by atoms with Crippen LogP contribution < -0.4 is 4.74 Å². The van der Waals surface area contributed by atoms with Gasteiger partial charge >= 0.3 is 0 Å². The van der Waals surface area contributed by atoms with E-state index in [-0.39, 0.29) is 6.61 Å². The van der Waals surface area contributed by atoms with Crippen LogP contribution in [0.3, 0.4) is 0 Å². The number of methoxy groups -OCH3 is 1. The van der Waals surface area contributed by atoms with E-state index >= 15 is 0 Å². The fraction of sp³-hybridized carbons (Fsp3) is 0.778. The lowest BCUT2D eigenvalue weighted by molar-refractivity contribution is -0.0182. The van der Waals surface area contributed by atoms with Gasteiger partial charge in [0.2, 0.25) is 5.88 Å². The summed E-state index contributed by atoms with van der Waals surface area (Å²) < 4.78 is 38.3. The lowest BCUT2D eigenvalue weighted by Gasteiger charge is -2.12. The van der Waals surface area contributed by atoms with Crippen LogP contribution >= 0.6 is 0 Å². The standard InChI is InChI=1S/C18H30N2O7/c1-15-16-13-26-11-9-24-7-5-22-3-4-23-6-8-25-10-12-27-14-17(19-16)20-18(15)21-2/h3-14H2,1-2H3. The Labute approximate surface area is 160 Å². The summed E-state index contributed by atoms with van der Waals surface area (Å²) in [5, 5.41) is 0. The summed E-state index contributed by atoms with van der Waals surface area (Å²) >= 11 is 0. The van der Waals surface area contributed by atoms with E-state index in [1.807, 2.05) is 6.92 Å². The van der Waals surface area contributed by atoms with Gasteiger partial charge < -0.3 is 33.2 Å². The Balaban J connectivity index is 1.88. The fourth-order valence-corrected chi connectivity index (χ4v) is 2.32. The Morgan fingerprint density at radius 1 is 0.630 bits per heavy atom. The van der Waals surface area contributed by atoms with Crippen LogP contribution in [0.5, 0.6) is 5.88 Å². The van der Waals surface area contributed by atoms with Gasteiger partial charge in [-0.05, 0) is 6.92 Å². The Hall–Kier alpha value is -1.36. The van der Waals surface area contributed by atoms with E-state index in [0.717, 1.165) is 11.3 Å². The number of hydrogen-bond donors (Lipinski definition) is 0. The molecular formula is C18H30N2O7. The SMILES string of the molecule is COc1nc2nc(c1C)COCCOCCOCCOCCOCCOC2. The monoisotopic (exact) mass is 386 g/mol. The van der Waals surface area contributed by atoms with Gasteiger partial charge in [0.25, 0.3) is 0 Å². The van der Waals surface area contributed by atoms with E-state index < -0.39 is 0 Å². The molecule has 0 N–H and O–H groups in total. The molecule has 154 valence electrons. The van der Waals surface area contributed by atoms with Gasteiger partial charge in [0, 0.05) is 5.56 Å². The molecule has 1 aromatic heterocycles. The predicted molar refractivity (Wildman–Crippen MR) is 95.9 cm³/mol. The van der Waals surface area contributed by atoms with Gasteiger partial charge in [-0.1, -0.05) is 0 Å². The van der Waals surface area contributed by atoms with Gasteiger partial charge in [-0.2, -0.15) is 4.98 Å². The first-order valence-corrected chi connectivity index (χ1v) is 9.18. The zero-order valence-electron chi connectivity index (χ0n) is 16.2. The molecule has 2 heterocycles. The maximum Gasteiger partial charge on any atom is 0.219 e. The Morgan fingerprint density at radius 3 is 1.56 bits per heavy atom. The summed E-state index contributed by atoms with van der Waals surface area (Å²) in [6.45, 7) is 7.62. The third-order valence-corrected chi connectivity index (χ3v) is 3.77. The van der Waals surface area contributed by atoms with Crippen LogP contribution in [0.2, 0.25) is 0 Å². The quantitative estimate of drug-likeness (QED) is 0.698. The Bertz CT molecular complexity index is 531. The van der Waals surface area contributed by atoms with Crippen molar-refractivity contribution in [2.75, 3.05) is 73.2 Å². The highest BCUT2D eigenvalue weighted by molar-refractivity contribution is 5.29. The Morgan fingerprint density at radius 2 is 1.07 bits per heavy atom. The highest BCUT2D eigenvalue weighted by Gasteiger charge is 2.12. The summed E-state index contributed by atoms with van der Waals surface area (Å²) in [4.78, 5) is 8.89. The molecule has 0 unspecified atom stereocenters. The van der Waals surface area contributed by atoms with E-state index in [2.05, 4.69) is 9.97 Å². The summed E-state index contributed by atoms with van der Waals surface area (Å²) in [5.41, 5.74) is 1.64. The van der Waals surface area contributed by atoms with E-state index in [0.29, 0.717) is 84.4 Å². The van der Waals surface area contributed by atoms with Crippen LogP contribution in [0.15, 0.2) is 0 Å². The molecule has 0 radical (unpaired) electrons. The molecule has 2 rings (SSSR count). The number of ether oxygens (including phenoxy) is 7. The molecule has 2 bridgehead atoms. The molecule has 0 amide bonds. The zero-order chi connectivity index (χ0) is 19.2. The molecule has 9 heteroatoms. The van der Waals surface area contributed by atoms with Crippen molar-refractivity contribution in [3.05, 3.63) is 17.1 Å². The highest BCUT2D eigenvalue weighted by Crippen LogP contribution is 2.18. The minimum absolute atomic E-state index is 0.282. The van der Waals surface area contributed by atoms with E-state index in [9.17, 15) is 0 Å². The van der Waals surface area contributed by atoms with Gasteiger partial charge in [0.1, 0.15) is 6.61 Å². The lowest BCUT2D eigenvalue weighted by atomic mass is 10.2. The lowest BCUT2D eigenvalue weighted by Crippen LogP contribution is -2.13. The molecule has 0 spiro atoms. The van der Waals surface area contributed by atoms with Gasteiger partial charge in [0.15, 0.2) is 5.82 Å². The van der Waals surface area contributed by atoms with Crippen molar-refractivity contribution in [3.63, 3.8) is 0 Å². The molecule has 0 fully saturated rings. The number of rotatable bonds is 1. The number of nitrogens with zero attached hydrogens (tertiary/aromatic N) is 2. The first kappa shape index (κ1) is 21.9. The molecule has 1 aliphatic rings. The number of hydrogen-bond acceptors (Lipinski definition) is 9. The average molecular weight is 386 g/mol. The second-order valence-corrected chi connectivity index (χ2v) is 5.78. The van der Waals surface area contributed by atoms with Crippen LogP contribution in [0.1, 0.15) is 17.1 Å². The van der Waals surface area contributed by atoms with Crippen molar-refractivity contribution in [3.8, 4) is 5.88 Å². The molecule has 1 aromatic rings. The number of aromatic nitrogens is 2. The third kappa shape index (κ3) is 8.91. The van der Waals surface area contributed by atoms with E-state index in [1.54, 1.807) is 7.11 Å². The minimum atomic E-state index is 0.282. The summed E-state index contributed by atoms with van der Waals surface area (Å²) in [5.74, 6) is 1.08. The maximum absolute atomic E-state index is 5.66. The van der Waals surface area contributed by atoms with Gasteiger partial charge in [-0.15, -0.1) is 0 Å². The van der Waals surface area contributed by atoms with Crippen LogP contribution in [-0.4, -0.2) is 83.1 Å². The maximum atomic E-state index is 5.66. The van der Waals surface area contributed by atoms with E-state index in [4.69, 9.17) is 33.2 Å². The topological polar surface area (TPSA) is 90.4 Å². The molecule has 0 atom stereocenters. The van der Waals surface area contributed by atoms with Crippen molar-refractivity contribution in [2.45, 2.75) is 20.1 Å². The predicted octanol–water partition coefficient (Wildman–Crippen LogP) is 0.907. The molecule has 0 aliphatic carbocycles. The van der Waals surface area contributed by atoms with Crippen LogP contribution in [-0.2, 0) is 41.6 Å². The van der Waals surface area contributed by atoms with Crippen LogP contribution in [0.4, 0.5) is 0 Å². The summed E-state index contributed by atoms with van der Waals surface area (Å²) in [7, 11) is 1.59. The van der Waals surface area contributed by atoms with Gasteiger partial charge in [0.05, 0.1) is 85.5 Å². The van der Waals surface area contributed by atoms with Crippen molar-refractivity contribution in [2.24, 2.45) is 0 Å². The van der Waals surface area contributed by atoms with Crippen molar-refractivity contribution >= 4 is 0 Å². The van der Waals surface area contributed by atoms with Crippen molar-refractivity contribution in [1.82, 2.24) is 9.97 Å². The van der Waals surface area contributed by atoms with Gasteiger partial charge in [-0.3, -0.25) is 0 Å². The van der Waals surface area contributed by atoms with Gasteiger partial charge in [-0.25, -0.2) is 4.98 Å². The summed E-state index contributed by atoms with van der Waals surface area (Å²) in [6, 6.07) is 0. The molecule has 9 nitrogen and oxygen atoms in total. The molecule has 0 aromatic carbocycles. The molecular weight excluding hydrogens is 356 g/mol. The van der Waals surface area contributed by atoms with Crippen LogP contribution in [0, 0.1) is 6.92 Å². The minimum Gasteiger partial charge on any atom is -0.481 e. The Kier molecular flexibility index (Phi) is 11.2. The fourth-order valence-electron chi connectivity index (χ4n) is 2.32. The molecule has 1 aliphatic heterocycles.